The molecule has 1 aromatic heterocycles. The highest BCUT2D eigenvalue weighted by Crippen LogP contribution is 2.28. The quantitative estimate of drug-likeness (QED) is 0.761. The molecule has 1 saturated heterocycles. The molecule has 1 saturated carbocycles. The number of pyridine rings is 1. The molecule has 0 radical (unpaired) electrons. The third-order valence-electron chi connectivity index (χ3n) is 5.83. The highest BCUT2D eigenvalue weighted by Gasteiger charge is 2.30. The second-order valence-electron chi connectivity index (χ2n) is 8.04. The second-order valence-corrected chi connectivity index (χ2v) is 9.97. The maximum Gasteiger partial charge on any atom is 0.243 e. The van der Waals surface area contributed by atoms with Gasteiger partial charge in [0.2, 0.25) is 21.8 Å². The topological polar surface area (TPSA) is 88.6 Å². The molecular formula is C22H27N3O4S. The Hall–Kier alpha value is -2.45. The summed E-state index contributed by atoms with van der Waals surface area (Å²) in [5.41, 5.74) is 1.69. The molecule has 160 valence electrons. The zero-order valence-electron chi connectivity index (χ0n) is 17.1. The molecule has 0 bridgehead atoms. The molecule has 1 aromatic carbocycles. The number of aryl methyl sites for hydroxylation is 1. The van der Waals surface area contributed by atoms with Crippen LogP contribution in [0.25, 0.3) is 0 Å². The van der Waals surface area contributed by atoms with Gasteiger partial charge in [0.1, 0.15) is 6.10 Å². The molecule has 0 spiro atoms. The van der Waals surface area contributed by atoms with Crippen molar-refractivity contribution in [2.75, 3.05) is 18.4 Å². The van der Waals surface area contributed by atoms with E-state index in [2.05, 4.69) is 10.3 Å². The van der Waals surface area contributed by atoms with Crippen molar-refractivity contribution in [3.63, 3.8) is 0 Å². The van der Waals surface area contributed by atoms with Crippen LogP contribution in [0.1, 0.15) is 37.7 Å². The molecule has 2 fully saturated rings. The van der Waals surface area contributed by atoms with Crippen molar-refractivity contribution in [1.29, 1.82) is 0 Å². The van der Waals surface area contributed by atoms with Crippen molar-refractivity contribution >= 4 is 21.6 Å². The summed E-state index contributed by atoms with van der Waals surface area (Å²) in [5, 5.41) is 2.89. The highest BCUT2D eigenvalue weighted by atomic mass is 32.2. The fraction of sp³-hybridized carbons (Fsp3) is 0.455. The van der Waals surface area contributed by atoms with Gasteiger partial charge in [-0.2, -0.15) is 4.31 Å². The Balaban J connectivity index is 1.29. The van der Waals surface area contributed by atoms with Crippen LogP contribution in [-0.2, 0) is 14.8 Å². The first-order valence-corrected chi connectivity index (χ1v) is 11.9. The molecule has 2 aliphatic rings. The van der Waals surface area contributed by atoms with E-state index in [1.165, 1.54) is 4.31 Å². The average Bonchev–Trinajstić information content (AvgIpc) is 2.69. The summed E-state index contributed by atoms with van der Waals surface area (Å²) in [6, 6.07) is 10.5. The first-order chi connectivity index (χ1) is 14.4. The molecule has 8 heteroatoms. The Bertz CT molecular complexity index is 978. The van der Waals surface area contributed by atoms with Crippen molar-refractivity contribution in [2.24, 2.45) is 5.92 Å². The summed E-state index contributed by atoms with van der Waals surface area (Å²) < 4.78 is 33.1. The van der Waals surface area contributed by atoms with Crippen molar-refractivity contribution < 1.29 is 17.9 Å². The summed E-state index contributed by atoms with van der Waals surface area (Å²) in [7, 11) is -3.47. The Morgan fingerprint density at radius 1 is 1.07 bits per heavy atom. The maximum absolute atomic E-state index is 12.8. The molecule has 4 rings (SSSR count). The number of hydrogen-bond acceptors (Lipinski definition) is 5. The van der Waals surface area contributed by atoms with Gasteiger partial charge < -0.3 is 10.1 Å². The Labute approximate surface area is 177 Å². The third kappa shape index (κ3) is 4.65. The molecule has 2 heterocycles. The zero-order valence-corrected chi connectivity index (χ0v) is 17.9. The minimum Gasteiger partial charge on any atom is -0.474 e. The van der Waals surface area contributed by atoms with Gasteiger partial charge in [0.15, 0.2) is 0 Å². The molecule has 7 nitrogen and oxygen atoms in total. The first kappa shape index (κ1) is 20.8. The normalized spacial score (nSPS) is 18.6. The fourth-order valence-corrected chi connectivity index (χ4v) is 5.13. The number of nitrogens with zero attached hydrogens (tertiary/aromatic N) is 2. The molecule has 0 atom stereocenters. The molecule has 0 unspecified atom stereocenters. The lowest BCUT2D eigenvalue weighted by Gasteiger charge is -2.31. The SMILES string of the molecule is Cc1ccc(S(=O)(=O)N2CCC(Oc3ccc(NC(=O)C4CCC4)cn3)CC2)cc1. The van der Waals surface area contributed by atoms with E-state index in [0.29, 0.717) is 42.4 Å². The zero-order chi connectivity index (χ0) is 21.1. The van der Waals surface area contributed by atoms with Crippen molar-refractivity contribution in [3.8, 4) is 5.88 Å². The third-order valence-corrected chi connectivity index (χ3v) is 7.74. The van der Waals surface area contributed by atoms with Crippen molar-refractivity contribution in [1.82, 2.24) is 9.29 Å². The van der Waals surface area contributed by atoms with E-state index in [-0.39, 0.29) is 17.9 Å². The van der Waals surface area contributed by atoms with Crippen LogP contribution in [0.4, 0.5) is 5.69 Å². The molecule has 1 N–H and O–H groups in total. The van der Waals surface area contributed by atoms with Gasteiger partial charge in [-0.1, -0.05) is 24.1 Å². The number of ether oxygens (including phenoxy) is 1. The predicted octanol–water partition coefficient (Wildman–Crippen LogP) is 3.36. The van der Waals surface area contributed by atoms with Crippen LogP contribution in [0.5, 0.6) is 5.88 Å². The summed E-state index contributed by atoms with van der Waals surface area (Å²) >= 11 is 0. The number of benzene rings is 1. The van der Waals surface area contributed by atoms with Gasteiger partial charge in [0.05, 0.1) is 16.8 Å². The van der Waals surface area contributed by atoms with Gasteiger partial charge in [-0.15, -0.1) is 0 Å². The molecule has 1 aliphatic heterocycles. The van der Waals surface area contributed by atoms with Crippen LogP contribution in [0, 0.1) is 12.8 Å². The lowest BCUT2D eigenvalue weighted by molar-refractivity contribution is -0.122. The van der Waals surface area contributed by atoms with Gasteiger partial charge >= 0.3 is 0 Å². The van der Waals surface area contributed by atoms with E-state index in [0.717, 1.165) is 24.8 Å². The van der Waals surface area contributed by atoms with Crippen LogP contribution in [-0.4, -0.2) is 42.8 Å². The van der Waals surface area contributed by atoms with Crippen molar-refractivity contribution in [3.05, 3.63) is 48.2 Å². The fourth-order valence-electron chi connectivity index (χ4n) is 3.66. The monoisotopic (exact) mass is 429 g/mol. The molecule has 2 aromatic rings. The largest absolute Gasteiger partial charge is 0.474 e. The van der Waals surface area contributed by atoms with Crippen LogP contribution >= 0.6 is 0 Å². The second kappa shape index (κ2) is 8.73. The van der Waals surface area contributed by atoms with Crippen molar-refractivity contribution in [2.45, 2.75) is 50.0 Å². The molecule has 1 amide bonds. The number of nitrogens with one attached hydrogen (secondary N) is 1. The van der Waals surface area contributed by atoms with E-state index >= 15 is 0 Å². The number of carbonyl (C=O) groups excluding carboxylic acids is 1. The van der Waals surface area contributed by atoms with Crippen LogP contribution in [0.2, 0.25) is 0 Å². The first-order valence-electron chi connectivity index (χ1n) is 10.4. The predicted molar refractivity (Wildman–Crippen MR) is 114 cm³/mol. The van der Waals surface area contributed by atoms with Gasteiger partial charge in [-0.3, -0.25) is 4.79 Å². The standard InChI is InChI=1S/C22H27N3O4S/c1-16-5-8-20(9-6-16)30(27,28)25-13-11-19(12-14-25)29-21-10-7-18(15-23-21)24-22(26)17-3-2-4-17/h5-10,15,17,19H,2-4,11-14H2,1H3,(H,24,26). The number of anilines is 1. The molecule has 30 heavy (non-hydrogen) atoms. The maximum atomic E-state index is 12.8. The van der Waals surface area contributed by atoms with Gasteiger partial charge in [-0.05, 0) is 50.8 Å². The number of rotatable bonds is 6. The number of carbonyl (C=O) groups is 1. The lowest BCUT2D eigenvalue weighted by atomic mass is 9.85. The number of piperidine rings is 1. The number of amides is 1. The van der Waals surface area contributed by atoms with E-state index < -0.39 is 10.0 Å². The Morgan fingerprint density at radius 2 is 1.77 bits per heavy atom. The van der Waals surface area contributed by atoms with Gasteiger partial charge in [0, 0.05) is 25.1 Å². The van der Waals surface area contributed by atoms with Crippen LogP contribution < -0.4 is 10.1 Å². The number of hydrogen-bond donors (Lipinski definition) is 1. The molecule has 1 aliphatic carbocycles. The lowest BCUT2D eigenvalue weighted by Crippen LogP contribution is -2.41. The Kier molecular flexibility index (Phi) is 6.06. The summed E-state index contributed by atoms with van der Waals surface area (Å²) in [5.74, 6) is 0.665. The molecular weight excluding hydrogens is 402 g/mol. The van der Waals surface area contributed by atoms with E-state index in [1.807, 2.05) is 19.1 Å². The minimum atomic E-state index is -3.47. The van der Waals surface area contributed by atoms with Gasteiger partial charge in [0.25, 0.3) is 0 Å². The highest BCUT2D eigenvalue weighted by molar-refractivity contribution is 7.89. The van der Waals surface area contributed by atoms with E-state index in [1.54, 1.807) is 30.5 Å². The number of aromatic nitrogens is 1. The smallest absolute Gasteiger partial charge is 0.243 e. The average molecular weight is 430 g/mol. The number of sulfonamides is 1. The summed E-state index contributed by atoms with van der Waals surface area (Å²) in [4.78, 5) is 16.6. The van der Waals surface area contributed by atoms with E-state index in [4.69, 9.17) is 4.74 Å². The van der Waals surface area contributed by atoms with Gasteiger partial charge in [-0.25, -0.2) is 13.4 Å². The van der Waals surface area contributed by atoms with Crippen LogP contribution in [0.3, 0.4) is 0 Å². The van der Waals surface area contributed by atoms with E-state index in [9.17, 15) is 13.2 Å². The Morgan fingerprint density at radius 3 is 2.33 bits per heavy atom. The summed E-state index contributed by atoms with van der Waals surface area (Å²) in [6.07, 6.45) is 5.76. The van der Waals surface area contributed by atoms with Crippen LogP contribution in [0.15, 0.2) is 47.5 Å². The summed E-state index contributed by atoms with van der Waals surface area (Å²) in [6.45, 7) is 2.76. The minimum absolute atomic E-state index is 0.0545.